The molecule has 4 bridgehead atoms. The predicted octanol–water partition coefficient (Wildman–Crippen LogP) is 2.64. The summed E-state index contributed by atoms with van der Waals surface area (Å²) < 4.78 is 0. The second-order valence-corrected chi connectivity index (χ2v) is 9.66. The Bertz CT molecular complexity index is 1060. The Hall–Kier alpha value is -2.44. The maximum absolute atomic E-state index is 13.3. The van der Waals surface area contributed by atoms with Crippen LogP contribution >= 0.6 is 0 Å². The minimum Gasteiger partial charge on any atom is -0.349 e. The summed E-state index contributed by atoms with van der Waals surface area (Å²) in [7, 11) is 0. The summed E-state index contributed by atoms with van der Waals surface area (Å²) >= 11 is 0. The van der Waals surface area contributed by atoms with Gasteiger partial charge in [-0.3, -0.25) is 19.6 Å². The number of nitrogens with one attached hydrogen (secondary N) is 3. The van der Waals surface area contributed by atoms with Gasteiger partial charge in [-0.25, -0.2) is 9.78 Å². The third-order valence-electron chi connectivity index (χ3n) is 7.62. The van der Waals surface area contributed by atoms with Crippen molar-refractivity contribution >= 4 is 16.9 Å². The summed E-state index contributed by atoms with van der Waals surface area (Å²) in [6.45, 7) is 3.90. The van der Waals surface area contributed by atoms with E-state index in [2.05, 4.69) is 27.2 Å². The average Bonchev–Trinajstić information content (AvgIpc) is 2.63. The van der Waals surface area contributed by atoms with E-state index in [0.29, 0.717) is 5.69 Å². The van der Waals surface area contributed by atoms with Crippen molar-refractivity contribution in [1.29, 1.82) is 0 Å². The van der Waals surface area contributed by atoms with Crippen molar-refractivity contribution < 1.29 is 4.79 Å². The Morgan fingerprint density at radius 2 is 1.79 bits per heavy atom. The highest BCUT2D eigenvalue weighted by Gasteiger charge is 2.54. The van der Waals surface area contributed by atoms with Gasteiger partial charge < -0.3 is 5.32 Å². The van der Waals surface area contributed by atoms with Crippen LogP contribution in [0.25, 0.3) is 11.0 Å². The number of nitrogens with zero attached hydrogens (tertiary/aromatic N) is 1. The fourth-order valence-electron chi connectivity index (χ4n) is 7.01. The summed E-state index contributed by atoms with van der Waals surface area (Å²) in [5, 5.41) is 3.44. The number of aromatic amines is 2. The van der Waals surface area contributed by atoms with Crippen LogP contribution in [0.1, 0.15) is 67.9 Å². The van der Waals surface area contributed by atoms with Gasteiger partial charge in [-0.2, -0.15) is 0 Å². The van der Waals surface area contributed by atoms with Gasteiger partial charge in [0.25, 0.3) is 11.5 Å². The molecule has 1 atom stereocenters. The second kappa shape index (κ2) is 6.54. The van der Waals surface area contributed by atoms with Gasteiger partial charge in [-0.05, 0) is 81.1 Å². The molecule has 0 aliphatic heterocycles. The van der Waals surface area contributed by atoms with E-state index in [4.69, 9.17) is 0 Å². The lowest BCUT2D eigenvalue weighted by Gasteiger charge is -2.59. The molecule has 6 rings (SSSR count). The van der Waals surface area contributed by atoms with Crippen molar-refractivity contribution in [2.24, 2.45) is 23.2 Å². The average molecular weight is 396 g/mol. The maximum Gasteiger partial charge on any atom is 0.327 e. The van der Waals surface area contributed by atoms with E-state index in [0.717, 1.165) is 24.2 Å². The van der Waals surface area contributed by atoms with Crippen LogP contribution in [0.3, 0.4) is 0 Å². The molecular weight excluding hydrogens is 368 g/mol. The summed E-state index contributed by atoms with van der Waals surface area (Å²) in [4.78, 5) is 46.4. The Morgan fingerprint density at radius 3 is 2.38 bits per heavy atom. The third-order valence-corrected chi connectivity index (χ3v) is 7.62. The van der Waals surface area contributed by atoms with Gasteiger partial charge in [0.15, 0.2) is 0 Å². The van der Waals surface area contributed by atoms with Crippen LogP contribution in [0.5, 0.6) is 0 Å². The van der Waals surface area contributed by atoms with E-state index < -0.39 is 11.2 Å². The van der Waals surface area contributed by atoms with Crippen LogP contribution in [0.15, 0.2) is 15.7 Å². The summed E-state index contributed by atoms with van der Waals surface area (Å²) in [6, 6.07) is 1.74. The van der Waals surface area contributed by atoms with E-state index in [1.807, 2.05) is 0 Å². The molecular formula is C22H28N4O3. The predicted molar refractivity (Wildman–Crippen MR) is 110 cm³/mol. The first-order valence-electron chi connectivity index (χ1n) is 10.8. The van der Waals surface area contributed by atoms with Gasteiger partial charge in [0, 0.05) is 11.7 Å². The molecule has 154 valence electrons. The van der Waals surface area contributed by atoms with Crippen LogP contribution in [0.4, 0.5) is 0 Å². The fraction of sp³-hybridized carbons (Fsp3) is 0.636. The minimum absolute atomic E-state index is 0.105. The first-order valence-corrected chi connectivity index (χ1v) is 10.8. The number of pyridine rings is 1. The largest absolute Gasteiger partial charge is 0.349 e. The number of aryl methyl sites for hydroxylation is 1. The number of aromatic nitrogens is 3. The molecule has 29 heavy (non-hydrogen) atoms. The van der Waals surface area contributed by atoms with Crippen LogP contribution in [0, 0.1) is 30.1 Å². The zero-order valence-corrected chi connectivity index (χ0v) is 17.0. The van der Waals surface area contributed by atoms with Gasteiger partial charge in [0.05, 0.1) is 10.9 Å². The number of carbonyl (C=O) groups excluding carboxylic acids is 1. The van der Waals surface area contributed by atoms with Gasteiger partial charge in [-0.15, -0.1) is 0 Å². The number of hydrogen-bond donors (Lipinski definition) is 3. The van der Waals surface area contributed by atoms with Crippen LogP contribution in [-0.2, 0) is 0 Å². The van der Waals surface area contributed by atoms with E-state index in [9.17, 15) is 14.4 Å². The smallest absolute Gasteiger partial charge is 0.327 e. The normalized spacial score (nSPS) is 31.2. The molecule has 2 heterocycles. The Labute approximate surface area is 168 Å². The standard InChI is InChI=1S/C22H28N4O3/c1-3-16(22-8-12-5-13(9-22)7-14(6-12)10-22)24-19(27)15-4-11(2)23-18-17(15)20(28)26-21(29)25-18/h4,12-14,16H,3,5-10H2,1-2H3,(H,24,27)(H2,23,25,26,28,29)/t12?,13?,14?,16-,22?/m0/s1. The quantitative estimate of drug-likeness (QED) is 0.738. The Balaban J connectivity index is 1.50. The lowest BCUT2D eigenvalue weighted by molar-refractivity contribution is -0.0727. The topological polar surface area (TPSA) is 108 Å². The molecule has 2 aromatic rings. The van der Waals surface area contributed by atoms with Gasteiger partial charge in [0.2, 0.25) is 0 Å². The zero-order chi connectivity index (χ0) is 20.3. The highest BCUT2D eigenvalue weighted by Crippen LogP contribution is 2.61. The number of H-pyrrole nitrogens is 2. The highest BCUT2D eigenvalue weighted by molar-refractivity contribution is 6.05. The highest BCUT2D eigenvalue weighted by atomic mass is 16.2. The second-order valence-electron chi connectivity index (χ2n) is 9.66. The monoisotopic (exact) mass is 396 g/mol. The molecule has 7 heteroatoms. The van der Waals surface area contributed by atoms with Crippen molar-refractivity contribution in [3.05, 3.63) is 38.2 Å². The van der Waals surface area contributed by atoms with Gasteiger partial charge in [-0.1, -0.05) is 6.92 Å². The molecule has 0 unspecified atom stereocenters. The summed E-state index contributed by atoms with van der Waals surface area (Å²) in [5.41, 5.74) is 0.0282. The lowest BCUT2D eigenvalue weighted by Crippen LogP contribution is -2.56. The van der Waals surface area contributed by atoms with Crippen LogP contribution < -0.4 is 16.6 Å². The van der Waals surface area contributed by atoms with Gasteiger partial charge >= 0.3 is 5.69 Å². The molecule has 4 fully saturated rings. The SMILES string of the molecule is CC[C@H](NC(=O)c1cc(C)nc2[nH]c(=O)[nH]c(=O)c12)C12CC3CC(CC(C3)C1)C2. The lowest BCUT2D eigenvalue weighted by atomic mass is 9.47. The number of hydrogen-bond acceptors (Lipinski definition) is 4. The number of fused-ring (bicyclic) bond motifs is 1. The van der Waals surface area contributed by atoms with Crippen molar-refractivity contribution in [1.82, 2.24) is 20.3 Å². The number of carbonyl (C=O) groups is 1. The van der Waals surface area contributed by atoms with Crippen molar-refractivity contribution in [3.8, 4) is 0 Å². The zero-order valence-electron chi connectivity index (χ0n) is 17.0. The third kappa shape index (κ3) is 3.02. The summed E-state index contributed by atoms with van der Waals surface area (Å²) in [5.74, 6) is 2.18. The molecule has 3 N–H and O–H groups in total. The van der Waals surface area contributed by atoms with E-state index >= 15 is 0 Å². The molecule has 2 aromatic heterocycles. The van der Waals surface area contributed by atoms with Crippen LogP contribution in [-0.4, -0.2) is 26.9 Å². The molecule has 7 nitrogen and oxygen atoms in total. The number of amides is 1. The first kappa shape index (κ1) is 18.6. The maximum atomic E-state index is 13.3. The molecule has 0 aromatic carbocycles. The molecule has 1 amide bonds. The van der Waals surface area contributed by atoms with Crippen molar-refractivity contribution in [2.75, 3.05) is 0 Å². The molecule has 0 spiro atoms. The molecule has 4 saturated carbocycles. The van der Waals surface area contributed by atoms with E-state index in [1.54, 1.807) is 13.0 Å². The van der Waals surface area contributed by atoms with E-state index in [1.165, 1.54) is 38.5 Å². The van der Waals surface area contributed by atoms with E-state index in [-0.39, 0.29) is 34.0 Å². The van der Waals surface area contributed by atoms with Gasteiger partial charge in [0.1, 0.15) is 5.65 Å². The fourth-order valence-corrected chi connectivity index (χ4v) is 7.01. The number of rotatable bonds is 4. The molecule has 0 saturated heterocycles. The molecule has 4 aliphatic carbocycles. The van der Waals surface area contributed by atoms with Crippen LogP contribution in [0.2, 0.25) is 0 Å². The minimum atomic E-state index is -0.619. The van der Waals surface area contributed by atoms with Crippen molar-refractivity contribution in [3.63, 3.8) is 0 Å². The first-order chi connectivity index (χ1) is 13.9. The molecule has 4 aliphatic rings. The summed E-state index contributed by atoms with van der Waals surface area (Å²) in [6.07, 6.45) is 8.60. The Kier molecular flexibility index (Phi) is 4.19. The Morgan fingerprint density at radius 1 is 1.17 bits per heavy atom. The van der Waals surface area contributed by atoms with Crippen molar-refractivity contribution in [2.45, 2.75) is 64.8 Å². The molecule has 0 radical (unpaired) electrons.